The Hall–Kier alpha value is -1.03. The number of aliphatic carboxylic acids is 1. The lowest BCUT2D eigenvalue weighted by molar-refractivity contribution is -0.140. The molecule has 0 bridgehead atoms. The molecule has 1 heterocycles. The van der Waals surface area contributed by atoms with Crippen molar-refractivity contribution in [1.29, 1.82) is 0 Å². The maximum Gasteiger partial charge on any atom is 0.307 e. The molecule has 0 aliphatic carbocycles. The van der Waals surface area contributed by atoms with Crippen LogP contribution in [0, 0.1) is 12.8 Å². The lowest BCUT2D eigenvalue weighted by Crippen LogP contribution is -2.11. The maximum atomic E-state index is 10.6. The first-order valence-corrected chi connectivity index (χ1v) is 5.36. The predicted molar refractivity (Wildman–Crippen MR) is 56.5 cm³/mol. The normalized spacial score (nSPS) is 12.4. The van der Waals surface area contributed by atoms with Gasteiger partial charge in [0.05, 0.1) is 5.92 Å². The fourth-order valence-electron chi connectivity index (χ4n) is 0.909. The third-order valence-electron chi connectivity index (χ3n) is 1.88. The van der Waals surface area contributed by atoms with E-state index in [1.807, 2.05) is 13.0 Å². The molecule has 0 fully saturated rings. The van der Waals surface area contributed by atoms with Gasteiger partial charge in [-0.05, 0) is 18.6 Å². The van der Waals surface area contributed by atoms with E-state index in [1.165, 1.54) is 0 Å². The molecule has 1 N–H and O–H groups in total. The van der Waals surface area contributed by atoms with E-state index >= 15 is 0 Å². The van der Waals surface area contributed by atoms with Gasteiger partial charge in [0.15, 0.2) is 0 Å². The van der Waals surface area contributed by atoms with Crippen LogP contribution in [0.25, 0.3) is 0 Å². The van der Waals surface area contributed by atoms with Crippen molar-refractivity contribution in [1.82, 2.24) is 4.98 Å². The summed E-state index contributed by atoms with van der Waals surface area (Å²) in [6, 6.07) is 1.91. The number of hydrogen-bond donors (Lipinski definition) is 1. The van der Waals surface area contributed by atoms with Crippen LogP contribution in [0.5, 0.6) is 0 Å². The van der Waals surface area contributed by atoms with Crippen molar-refractivity contribution in [3.05, 3.63) is 24.0 Å². The third kappa shape index (κ3) is 3.03. The van der Waals surface area contributed by atoms with E-state index in [0.29, 0.717) is 5.75 Å². The van der Waals surface area contributed by atoms with Crippen molar-refractivity contribution in [3.63, 3.8) is 0 Å². The zero-order valence-corrected chi connectivity index (χ0v) is 9.04. The lowest BCUT2D eigenvalue weighted by atomic mass is 10.2. The van der Waals surface area contributed by atoms with Crippen LogP contribution in [0.4, 0.5) is 0 Å². The van der Waals surface area contributed by atoms with Gasteiger partial charge < -0.3 is 5.11 Å². The Bertz CT molecular complexity index is 328. The average Bonchev–Trinajstić information content (AvgIpc) is 2.16. The maximum absolute atomic E-state index is 10.6. The Morgan fingerprint density at radius 2 is 2.43 bits per heavy atom. The Labute approximate surface area is 87.6 Å². The van der Waals surface area contributed by atoms with Crippen LogP contribution in [0.3, 0.4) is 0 Å². The molecule has 1 unspecified atom stereocenters. The Morgan fingerprint density at radius 3 is 3.00 bits per heavy atom. The lowest BCUT2D eigenvalue weighted by Gasteiger charge is -2.07. The van der Waals surface area contributed by atoms with Crippen LogP contribution >= 0.6 is 11.8 Å². The zero-order valence-electron chi connectivity index (χ0n) is 8.23. The SMILES string of the molecule is Cc1cnccc1SCC(C)C(=O)O. The standard InChI is InChI=1S/C10H13NO2S/c1-7-5-11-4-3-9(7)14-6-8(2)10(12)13/h3-5,8H,6H2,1-2H3,(H,12,13). The second-order valence-electron chi connectivity index (χ2n) is 3.19. The second-order valence-corrected chi connectivity index (χ2v) is 4.25. The van der Waals surface area contributed by atoms with E-state index in [9.17, 15) is 4.79 Å². The quantitative estimate of drug-likeness (QED) is 0.776. The van der Waals surface area contributed by atoms with Crippen molar-refractivity contribution >= 4 is 17.7 Å². The number of nitrogens with zero attached hydrogens (tertiary/aromatic N) is 1. The molecule has 0 aliphatic heterocycles. The summed E-state index contributed by atoms with van der Waals surface area (Å²) >= 11 is 1.56. The molecule has 0 spiro atoms. The van der Waals surface area contributed by atoms with Crippen molar-refractivity contribution in [3.8, 4) is 0 Å². The molecule has 1 aromatic heterocycles. The van der Waals surface area contributed by atoms with E-state index in [1.54, 1.807) is 31.1 Å². The molecule has 1 aromatic rings. The first kappa shape index (κ1) is 11.0. The molecule has 0 amide bonds. The molecule has 0 aliphatic rings. The summed E-state index contributed by atoms with van der Waals surface area (Å²) in [7, 11) is 0. The molecule has 14 heavy (non-hydrogen) atoms. The summed E-state index contributed by atoms with van der Waals surface area (Å²) in [4.78, 5) is 15.7. The molecule has 4 heteroatoms. The van der Waals surface area contributed by atoms with Gasteiger partial charge >= 0.3 is 5.97 Å². The summed E-state index contributed by atoms with van der Waals surface area (Å²) < 4.78 is 0. The number of carboxylic acid groups (broad SMARTS) is 1. The first-order chi connectivity index (χ1) is 6.61. The number of aryl methyl sites for hydroxylation is 1. The number of carboxylic acids is 1. The van der Waals surface area contributed by atoms with Gasteiger partial charge in [0.1, 0.15) is 0 Å². The Kier molecular flexibility index (Phi) is 3.95. The molecular formula is C10H13NO2S. The van der Waals surface area contributed by atoms with Crippen LogP contribution in [0.2, 0.25) is 0 Å². The average molecular weight is 211 g/mol. The van der Waals surface area contributed by atoms with Gasteiger partial charge in [0.25, 0.3) is 0 Å². The van der Waals surface area contributed by atoms with E-state index < -0.39 is 5.97 Å². The van der Waals surface area contributed by atoms with Crippen molar-refractivity contribution in [2.45, 2.75) is 18.7 Å². The van der Waals surface area contributed by atoms with Gasteiger partial charge in [-0.2, -0.15) is 0 Å². The molecule has 1 atom stereocenters. The Morgan fingerprint density at radius 1 is 1.71 bits per heavy atom. The molecule has 0 saturated carbocycles. The molecule has 1 rings (SSSR count). The van der Waals surface area contributed by atoms with Gasteiger partial charge in [-0.3, -0.25) is 9.78 Å². The molecule has 0 saturated heterocycles. The fourth-order valence-corrected chi connectivity index (χ4v) is 1.92. The molecule has 3 nitrogen and oxygen atoms in total. The van der Waals surface area contributed by atoms with Gasteiger partial charge in [-0.15, -0.1) is 11.8 Å². The van der Waals surface area contributed by atoms with Crippen molar-refractivity contribution in [2.24, 2.45) is 5.92 Å². The summed E-state index contributed by atoms with van der Waals surface area (Å²) in [5.74, 6) is -0.461. The summed E-state index contributed by atoms with van der Waals surface area (Å²) in [5, 5.41) is 8.70. The summed E-state index contributed by atoms with van der Waals surface area (Å²) in [6.45, 7) is 3.69. The smallest absolute Gasteiger partial charge is 0.307 e. The topological polar surface area (TPSA) is 50.2 Å². The highest BCUT2D eigenvalue weighted by Crippen LogP contribution is 2.23. The van der Waals surface area contributed by atoms with Gasteiger partial charge in [0.2, 0.25) is 0 Å². The highest BCUT2D eigenvalue weighted by molar-refractivity contribution is 7.99. The van der Waals surface area contributed by atoms with Crippen molar-refractivity contribution < 1.29 is 9.90 Å². The van der Waals surface area contributed by atoms with E-state index in [4.69, 9.17) is 5.11 Å². The third-order valence-corrected chi connectivity index (χ3v) is 3.31. The second kappa shape index (κ2) is 5.00. The monoisotopic (exact) mass is 211 g/mol. The predicted octanol–water partition coefficient (Wildman–Crippen LogP) is 2.20. The van der Waals surface area contributed by atoms with Gasteiger partial charge in [-0.25, -0.2) is 0 Å². The Balaban J connectivity index is 2.54. The van der Waals surface area contributed by atoms with E-state index in [0.717, 1.165) is 10.5 Å². The minimum absolute atomic E-state index is 0.312. The summed E-state index contributed by atoms with van der Waals surface area (Å²) in [6.07, 6.45) is 3.51. The molecule has 76 valence electrons. The minimum atomic E-state index is -0.746. The minimum Gasteiger partial charge on any atom is -0.481 e. The molecule has 0 radical (unpaired) electrons. The fraction of sp³-hybridized carbons (Fsp3) is 0.400. The van der Waals surface area contributed by atoms with Crippen LogP contribution in [0.1, 0.15) is 12.5 Å². The van der Waals surface area contributed by atoms with E-state index in [2.05, 4.69) is 4.98 Å². The van der Waals surface area contributed by atoms with Crippen LogP contribution in [-0.2, 0) is 4.79 Å². The van der Waals surface area contributed by atoms with Gasteiger partial charge in [0, 0.05) is 23.0 Å². The first-order valence-electron chi connectivity index (χ1n) is 4.37. The highest BCUT2D eigenvalue weighted by Gasteiger charge is 2.11. The van der Waals surface area contributed by atoms with Crippen LogP contribution in [0.15, 0.2) is 23.4 Å². The number of hydrogen-bond acceptors (Lipinski definition) is 3. The highest BCUT2D eigenvalue weighted by atomic mass is 32.2. The molecular weight excluding hydrogens is 198 g/mol. The van der Waals surface area contributed by atoms with E-state index in [-0.39, 0.29) is 5.92 Å². The number of aromatic nitrogens is 1. The molecule has 0 aromatic carbocycles. The largest absolute Gasteiger partial charge is 0.481 e. The zero-order chi connectivity index (χ0) is 10.6. The number of carbonyl (C=O) groups is 1. The van der Waals surface area contributed by atoms with Crippen LogP contribution < -0.4 is 0 Å². The van der Waals surface area contributed by atoms with Crippen molar-refractivity contribution in [2.75, 3.05) is 5.75 Å². The number of thioether (sulfide) groups is 1. The van der Waals surface area contributed by atoms with Crippen LogP contribution in [-0.4, -0.2) is 21.8 Å². The van der Waals surface area contributed by atoms with Gasteiger partial charge in [-0.1, -0.05) is 6.92 Å². The summed E-state index contributed by atoms with van der Waals surface area (Å²) in [5.41, 5.74) is 1.09. The number of rotatable bonds is 4. The number of pyridine rings is 1.